The molecule has 17 heavy (non-hydrogen) atoms. The second-order valence-electron chi connectivity index (χ2n) is 5.28. The Balaban J connectivity index is 1.90. The number of carbonyl (C=O) groups excluding carboxylic acids is 1. The normalized spacial score (nSPS) is 23.3. The molecule has 1 aromatic rings. The minimum absolute atomic E-state index is 0.0193. The van der Waals surface area contributed by atoms with E-state index in [4.69, 9.17) is 4.42 Å². The van der Waals surface area contributed by atoms with Gasteiger partial charge in [0.1, 0.15) is 5.76 Å². The van der Waals surface area contributed by atoms with Gasteiger partial charge in [0.15, 0.2) is 0 Å². The van der Waals surface area contributed by atoms with Crippen LogP contribution in [0.15, 0.2) is 22.8 Å². The van der Waals surface area contributed by atoms with Crippen molar-refractivity contribution < 1.29 is 9.21 Å². The van der Waals surface area contributed by atoms with Crippen LogP contribution in [0.25, 0.3) is 0 Å². The number of hydrogen-bond donors (Lipinski definition) is 2. The van der Waals surface area contributed by atoms with Crippen LogP contribution in [0.3, 0.4) is 0 Å². The molecule has 2 heterocycles. The minimum Gasteiger partial charge on any atom is -0.467 e. The predicted octanol–water partition coefficient (Wildman–Crippen LogP) is 1.67. The number of amides is 1. The van der Waals surface area contributed by atoms with Crippen LogP contribution in [-0.2, 0) is 11.3 Å². The maximum absolute atomic E-state index is 12.1. The molecule has 1 aromatic heterocycles. The molecular formula is C13H20N2O2. The molecule has 0 bridgehead atoms. The first-order chi connectivity index (χ1) is 8.09. The summed E-state index contributed by atoms with van der Waals surface area (Å²) in [7, 11) is 0. The molecule has 0 saturated carbocycles. The van der Waals surface area contributed by atoms with E-state index in [0.29, 0.717) is 6.54 Å². The highest BCUT2D eigenvalue weighted by atomic mass is 16.3. The maximum Gasteiger partial charge on any atom is 0.238 e. The SMILES string of the molecule is CC1(C)CCCNC1C(=O)NCc1ccco1. The van der Waals surface area contributed by atoms with Crippen LogP contribution in [0.4, 0.5) is 0 Å². The Bertz CT molecular complexity index is 371. The Morgan fingerprint density at radius 2 is 2.47 bits per heavy atom. The summed E-state index contributed by atoms with van der Waals surface area (Å²) >= 11 is 0. The van der Waals surface area contributed by atoms with Gasteiger partial charge in [0.05, 0.1) is 18.8 Å². The molecule has 0 aliphatic carbocycles. The van der Waals surface area contributed by atoms with Crippen molar-refractivity contribution in [3.05, 3.63) is 24.2 Å². The third-order valence-electron chi connectivity index (χ3n) is 3.41. The van der Waals surface area contributed by atoms with Crippen LogP contribution in [0.1, 0.15) is 32.4 Å². The van der Waals surface area contributed by atoms with E-state index in [1.165, 1.54) is 0 Å². The second kappa shape index (κ2) is 4.92. The summed E-state index contributed by atoms with van der Waals surface area (Å²) in [5.41, 5.74) is 0.0193. The van der Waals surface area contributed by atoms with Crippen molar-refractivity contribution in [3.63, 3.8) is 0 Å². The van der Waals surface area contributed by atoms with E-state index in [9.17, 15) is 4.79 Å². The lowest BCUT2D eigenvalue weighted by atomic mass is 9.77. The monoisotopic (exact) mass is 236 g/mol. The number of furan rings is 1. The van der Waals surface area contributed by atoms with E-state index in [0.717, 1.165) is 25.1 Å². The summed E-state index contributed by atoms with van der Waals surface area (Å²) < 4.78 is 5.19. The summed E-state index contributed by atoms with van der Waals surface area (Å²) in [5, 5.41) is 6.21. The lowest BCUT2D eigenvalue weighted by Crippen LogP contribution is -2.55. The first kappa shape index (κ1) is 12.2. The van der Waals surface area contributed by atoms with Gasteiger partial charge in [-0.15, -0.1) is 0 Å². The standard InChI is InChI=1S/C13H20N2O2/c1-13(2)6-4-7-14-11(13)12(16)15-9-10-5-3-8-17-10/h3,5,8,11,14H,4,6-7,9H2,1-2H3,(H,15,16). The summed E-state index contributed by atoms with van der Waals surface area (Å²) in [6.45, 7) is 5.65. The fourth-order valence-corrected chi connectivity index (χ4v) is 2.35. The van der Waals surface area contributed by atoms with Crippen molar-refractivity contribution in [2.75, 3.05) is 6.54 Å². The smallest absolute Gasteiger partial charge is 0.238 e. The van der Waals surface area contributed by atoms with Crippen LogP contribution in [0, 0.1) is 5.41 Å². The zero-order valence-corrected chi connectivity index (χ0v) is 10.5. The average molecular weight is 236 g/mol. The third kappa shape index (κ3) is 2.88. The molecule has 1 aliphatic rings. The second-order valence-corrected chi connectivity index (χ2v) is 5.28. The van der Waals surface area contributed by atoms with Crippen LogP contribution in [-0.4, -0.2) is 18.5 Å². The van der Waals surface area contributed by atoms with Crippen molar-refractivity contribution in [1.29, 1.82) is 0 Å². The van der Waals surface area contributed by atoms with E-state index in [-0.39, 0.29) is 17.4 Å². The number of rotatable bonds is 3. The zero-order valence-electron chi connectivity index (χ0n) is 10.5. The molecule has 2 rings (SSSR count). The van der Waals surface area contributed by atoms with E-state index >= 15 is 0 Å². The van der Waals surface area contributed by atoms with Gasteiger partial charge in [-0.1, -0.05) is 13.8 Å². The topological polar surface area (TPSA) is 54.3 Å². The number of carbonyl (C=O) groups is 1. The van der Waals surface area contributed by atoms with Gasteiger partial charge in [-0.05, 0) is 36.9 Å². The maximum atomic E-state index is 12.1. The lowest BCUT2D eigenvalue weighted by Gasteiger charge is -2.38. The Labute approximate surface area is 102 Å². The highest BCUT2D eigenvalue weighted by Gasteiger charge is 2.36. The van der Waals surface area contributed by atoms with Gasteiger partial charge in [-0.3, -0.25) is 4.79 Å². The molecule has 1 fully saturated rings. The van der Waals surface area contributed by atoms with Gasteiger partial charge in [-0.2, -0.15) is 0 Å². The van der Waals surface area contributed by atoms with Gasteiger partial charge in [-0.25, -0.2) is 0 Å². The first-order valence-corrected chi connectivity index (χ1v) is 6.13. The molecule has 1 atom stereocenters. The van der Waals surface area contributed by atoms with Crippen molar-refractivity contribution in [2.45, 2.75) is 39.3 Å². The van der Waals surface area contributed by atoms with Crippen LogP contribution in [0.2, 0.25) is 0 Å². The van der Waals surface area contributed by atoms with E-state index in [1.807, 2.05) is 12.1 Å². The molecule has 0 radical (unpaired) electrons. The molecule has 1 unspecified atom stereocenters. The third-order valence-corrected chi connectivity index (χ3v) is 3.41. The molecular weight excluding hydrogens is 216 g/mol. The molecule has 1 saturated heterocycles. The quantitative estimate of drug-likeness (QED) is 0.839. The summed E-state index contributed by atoms with van der Waals surface area (Å²) in [6.07, 6.45) is 3.83. The Morgan fingerprint density at radius 1 is 1.65 bits per heavy atom. The molecule has 4 heteroatoms. The van der Waals surface area contributed by atoms with Crippen molar-refractivity contribution in [2.24, 2.45) is 5.41 Å². The minimum atomic E-state index is -0.105. The van der Waals surface area contributed by atoms with E-state index < -0.39 is 0 Å². The number of hydrogen-bond acceptors (Lipinski definition) is 3. The lowest BCUT2D eigenvalue weighted by molar-refractivity contribution is -0.127. The van der Waals surface area contributed by atoms with Gasteiger partial charge < -0.3 is 15.1 Å². The molecule has 94 valence electrons. The van der Waals surface area contributed by atoms with Gasteiger partial charge in [0, 0.05) is 0 Å². The average Bonchev–Trinajstić information content (AvgIpc) is 2.78. The Hall–Kier alpha value is -1.29. The molecule has 1 amide bonds. The highest BCUT2D eigenvalue weighted by molar-refractivity contribution is 5.82. The van der Waals surface area contributed by atoms with Gasteiger partial charge in [0.2, 0.25) is 5.91 Å². The molecule has 4 nitrogen and oxygen atoms in total. The predicted molar refractivity (Wildman–Crippen MR) is 65.4 cm³/mol. The Morgan fingerprint density at radius 3 is 3.12 bits per heavy atom. The number of nitrogens with one attached hydrogen (secondary N) is 2. The molecule has 1 aliphatic heterocycles. The Kier molecular flexibility index (Phi) is 3.52. The van der Waals surface area contributed by atoms with Crippen molar-refractivity contribution in [3.8, 4) is 0 Å². The number of piperidine rings is 1. The highest BCUT2D eigenvalue weighted by Crippen LogP contribution is 2.30. The van der Waals surface area contributed by atoms with E-state index in [2.05, 4.69) is 24.5 Å². The molecule has 0 aromatic carbocycles. The fraction of sp³-hybridized carbons (Fsp3) is 0.615. The summed E-state index contributed by atoms with van der Waals surface area (Å²) in [5.74, 6) is 0.845. The van der Waals surface area contributed by atoms with Crippen LogP contribution >= 0.6 is 0 Å². The van der Waals surface area contributed by atoms with Crippen LogP contribution in [0.5, 0.6) is 0 Å². The summed E-state index contributed by atoms with van der Waals surface area (Å²) in [6, 6.07) is 3.58. The largest absolute Gasteiger partial charge is 0.467 e. The van der Waals surface area contributed by atoms with Crippen molar-refractivity contribution in [1.82, 2.24) is 10.6 Å². The van der Waals surface area contributed by atoms with Gasteiger partial charge in [0.25, 0.3) is 0 Å². The fourth-order valence-electron chi connectivity index (χ4n) is 2.35. The van der Waals surface area contributed by atoms with Crippen molar-refractivity contribution >= 4 is 5.91 Å². The van der Waals surface area contributed by atoms with Crippen LogP contribution < -0.4 is 10.6 Å². The molecule has 0 spiro atoms. The van der Waals surface area contributed by atoms with Gasteiger partial charge >= 0.3 is 0 Å². The summed E-state index contributed by atoms with van der Waals surface area (Å²) in [4.78, 5) is 12.1. The first-order valence-electron chi connectivity index (χ1n) is 6.13. The van der Waals surface area contributed by atoms with E-state index in [1.54, 1.807) is 6.26 Å². The zero-order chi connectivity index (χ0) is 12.3. The molecule has 2 N–H and O–H groups in total.